The van der Waals surface area contributed by atoms with Crippen molar-refractivity contribution in [3.8, 4) is 0 Å². The highest BCUT2D eigenvalue weighted by Gasteiger charge is 2.31. The Morgan fingerprint density at radius 2 is 1.80 bits per heavy atom. The minimum absolute atomic E-state index is 0.0983. The minimum Gasteiger partial charge on any atom is -0.444 e. The Balaban J connectivity index is 1.65. The van der Waals surface area contributed by atoms with E-state index in [0.29, 0.717) is 31.6 Å². The minimum atomic E-state index is -0.545. The Morgan fingerprint density at radius 3 is 2.37 bits per heavy atom. The van der Waals surface area contributed by atoms with Gasteiger partial charge in [0, 0.05) is 25.2 Å². The normalized spacial score (nSPS) is 16.1. The molecule has 160 valence electrons. The average Bonchev–Trinajstić information content (AvgIpc) is 2.72. The molecule has 1 aliphatic rings. The fraction of sp³-hybridized carbons (Fsp3) is 0.435. The first-order valence-corrected chi connectivity index (χ1v) is 10.2. The van der Waals surface area contributed by atoms with Gasteiger partial charge in [-0.15, -0.1) is 0 Å². The molecule has 1 saturated heterocycles. The average molecular weight is 413 g/mol. The summed E-state index contributed by atoms with van der Waals surface area (Å²) >= 11 is 0. The first kappa shape index (κ1) is 21.7. The third kappa shape index (κ3) is 5.78. The van der Waals surface area contributed by atoms with E-state index in [1.165, 1.54) is 12.1 Å². The number of halogens is 1. The monoisotopic (exact) mass is 413 g/mol. The van der Waals surface area contributed by atoms with E-state index in [1.807, 2.05) is 32.9 Å². The Bertz CT molecular complexity index is 858. The second-order valence-corrected chi connectivity index (χ2v) is 8.49. The van der Waals surface area contributed by atoms with Gasteiger partial charge in [-0.2, -0.15) is 0 Å². The lowest BCUT2D eigenvalue weighted by Gasteiger charge is -2.33. The molecule has 1 aromatic heterocycles. The predicted octanol–water partition coefficient (Wildman–Crippen LogP) is 4.07. The maximum absolute atomic E-state index is 13.4. The third-order valence-electron chi connectivity index (χ3n) is 4.99. The molecule has 2 heterocycles. The molecule has 2 aromatic rings. The highest BCUT2D eigenvalue weighted by Crippen LogP contribution is 2.24. The van der Waals surface area contributed by atoms with E-state index in [2.05, 4.69) is 10.3 Å². The van der Waals surface area contributed by atoms with Crippen LogP contribution >= 0.6 is 0 Å². The molecule has 1 N–H and O–H groups in total. The van der Waals surface area contributed by atoms with Crippen molar-refractivity contribution in [3.05, 3.63) is 65.7 Å². The summed E-state index contributed by atoms with van der Waals surface area (Å²) in [6, 6.07) is 11.1. The Kier molecular flexibility index (Phi) is 6.70. The van der Waals surface area contributed by atoms with Crippen molar-refractivity contribution >= 4 is 12.0 Å². The van der Waals surface area contributed by atoms with Crippen LogP contribution in [0.2, 0.25) is 0 Å². The molecule has 1 aliphatic heterocycles. The molecule has 2 amide bonds. The van der Waals surface area contributed by atoms with Crippen molar-refractivity contribution in [3.63, 3.8) is 0 Å². The van der Waals surface area contributed by atoms with Crippen LogP contribution < -0.4 is 5.32 Å². The maximum Gasteiger partial charge on any atom is 0.410 e. The number of rotatable bonds is 4. The van der Waals surface area contributed by atoms with E-state index < -0.39 is 11.6 Å². The highest BCUT2D eigenvalue weighted by molar-refractivity contribution is 5.80. The van der Waals surface area contributed by atoms with Crippen molar-refractivity contribution in [2.45, 2.75) is 45.3 Å². The summed E-state index contributed by atoms with van der Waals surface area (Å²) < 4.78 is 18.8. The van der Waals surface area contributed by atoms with Crippen LogP contribution in [0.15, 0.2) is 48.7 Å². The number of hydrogen-bond donors (Lipinski definition) is 1. The lowest BCUT2D eigenvalue weighted by Crippen LogP contribution is -2.45. The van der Waals surface area contributed by atoms with E-state index in [0.717, 1.165) is 5.56 Å². The van der Waals surface area contributed by atoms with E-state index in [1.54, 1.807) is 29.3 Å². The maximum atomic E-state index is 13.4. The molecule has 30 heavy (non-hydrogen) atoms. The van der Waals surface area contributed by atoms with Crippen molar-refractivity contribution in [1.82, 2.24) is 15.2 Å². The molecule has 1 atom stereocenters. The second kappa shape index (κ2) is 9.24. The summed E-state index contributed by atoms with van der Waals surface area (Å²) in [6.07, 6.45) is 2.43. The zero-order valence-corrected chi connectivity index (χ0v) is 17.6. The molecule has 3 rings (SSSR count). The number of carbonyl (C=O) groups excluding carboxylic acids is 2. The number of carbonyl (C=O) groups is 2. The van der Waals surface area contributed by atoms with Gasteiger partial charge in [0.2, 0.25) is 5.91 Å². The fourth-order valence-corrected chi connectivity index (χ4v) is 3.44. The Morgan fingerprint density at radius 1 is 1.13 bits per heavy atom. The first-order chi connectivity index (χ1) is 14.2. The molecule has 6 nitrogen and oxygen atoms in total. The Labute approximate surface area is 176 Å². The van der Waals surface area contributed by atoms with Crippen LogP contribution in [0.25, 0.3) is 0 Å². The van der Waals surface area contributed by atoms with Gasteiger partial charge in [0.15, 0.2) is 0 Å². The van der Waals surface area contributed by atoms with Gasteiger partial charge in [0.25, 0.3) is 0 Å². The number of pyridine rings is 1. The van der Waals surface area contributed by atoms with Gasteiger partial charge in [0.1, 0.15) is 11.4 Å². The molecular formula is C23H28FN3O3. The molecule has 7 heteroatoms. The molecular weight excluding hydrogens is 385 g/mol. The van der Waals surface area contributed by atoms with Crippen molar-refractivity contribution in [2.24, 2.45) is 5.92 Å². The van der Waals surface area contributed by atoms with Gasteiger partial charge in [-0.25, -0.2) is 9.18 Å². The summed E-state index contributed by atoms with van der Waals surface area (Å²) in [5.41, 5.74) is 0.898. The van der Waals surface area contributed by atoms with Crippen LogP contribution in [-0.2, 0) is 9.53 Å². The Hall–Kier alpha value is -2.96. The standard InChI is InChI=1S/C23H28FN3O3/c1-23(2,3)30-22(29)27-14-11-17(12-15-27)21(28)26-20(19-6-4-5-13-25-19)16-7-9-18(24)10-8-16/h4-10,13,17,20H,11-12,14-15H2,1-3H3,(H,26,28). The van der Waals surface area contributed by atoms with Crippen molar-refractivity contribution in [2.75, 3.05) is 13.1 Å². The summed E-state index contributed by atoms with van der Waals surface area (Å²) in [7, 11) is 0. The molecule has 0 bridgehead atoms. The number of likely N-dealkylation sites (tertiary alicyclic amines) is 1. The molecule has 1 aromatic carbocycles. The molecule has 1 fully saturated rings. The van der Waals surface area contributed by atoms with Gasteiger partial charge < -0.3 is 15.0 Å². The van der Waals surface area contributed by atoms with Crippen LogP contribution in [-0.4, -0.2) is 40.6 Å². The zero-order chi connectivity index (χ0) is 21.7. The smallest absolute Gasteiger partial charge is 0.410 e. The number of aromatic nitrogens is 1. The highest BCUT2D eigenvalue weighted by atomic mass is 19.1. The van der Waals surface area contributed by atoms with Crippen LogP contribution in [0.3, 0.4) is 0 Å². The number of benzene rings is 1. The fourth-order valence-electron chi connectivity index (χ4n) is 3.44. The largest absolute Gasteiger partial charge is 0.444 e. The molecule has 1 unspecified atom stereocenters. The third-order valence-corrected chi connectivity index (χ3v) is 4.99. The quantitative estimate of drug-likeness (QED) is 0.820. The molecule has 0 saturated carbocycles. The van der Waals surface area contributed by atoms with Crippen LogP contribution in [0.5, 0.6) is 0 Å². The van der Waals surface area contributed by atoms with Crippen LogP contribution in [0, 0.1) is 11.7 Å². The van der Waals surface area contributed by atoms with Gasteiger partial charge >= 0.3 is 6.09 Å². The van der Waals surface area contributed by atoms with Gasteiger partial charge in [-0.1, -0.05) is 18.2 Å². The summed E-state index contributed by atoms with van der Waals surface area (Å²) in [6.45, 7) is 6.44. The second-order valence-electron chi connectivity index (χ2n) is 8.49. The summed E-state index contributed by atoms with van der Waals surface area (Å²) in [4.78, 5) is 31.2. The van der Waals surface area contributed by atoms with Crippen LogP contribution in [0.1, 0.15) is 50.9 Å². The number of nitrogens with one attached hydrogen (secondary N) is 1. The topological polar surface area (TPSA) is 71.5 Å². The zero-order valence-electron chi connectivity index (χ0n) is 17.6. The predicted molar refractivity (Wildman–Crippen MR) is 111 cm³/mol. The lowest BCUT2D eigenvalue weighted by atomic mass is 9.94. The SMILES string of the molecule is CC(C)(C)OC(=O)N1CCC(C(=O)NC(c2ccc(F)cc2)c2ccccn2)CC1. The number of ether oxygens (including phenoxy) is 1. The number of piperidine rings is 1. The van der Waals surface area contributed by atoms with Gasteiger partial charge in [-0.05, 0) is 63.4 Å². The molecule has 0 aliphatic carbocycles. The van der Waals surface area contributed by atoms with Crippen molar-refractivity contribution in [1.29, 1.82) is 0 Å². The number of hydrogen-bond acceptors (Lipinski definition) is 4. The van der Waals surface area contributed by atoms with Gasteiger partial charge in [0.05, 0.1) is 11.7 Å². The van der Waals surface area contributed by atoms with E-state index >= 15 is 0 Å². The number of nitrogens with zero attached hydrogens (tertiary/aromatic N) is 2. The van der Waals surface area contributed by atoms with E-state index in [-0.39, 0.29) is 23.7 Å². The summed E-state index contributed by atoms with van der Waals surface area (Å²) in [5.74, 6) is -0.645. The first-order valence-electron chi connectivity index (χ1n) is 10.2. The van der Waals surface area contributed by atoms with E-state index in [9.17, 15) is 14.0 Å². The molecule has 0 radical (unpaired) electrons. The summed E-state index contributed by atoms with van der Waals surface area (Å²) in [5, 5.41) is 3.06. The van der Waals surface area contributed by atoms with Crippen LogP contribution in [0.4, 0.5) is 9.18 Å². The number of amides is 2. The van der Waals surface area contributed by atoms with E-state index in [4.69, 9.17) is 4.74 Å². The van der Waals surface area contributed by atoms with Gasteiger partial charge in [-0.3, -0.25) is 9.78 Å². The van der Waals surface area contributed by atoms with Crippen molar-refractivity contribution < 1.29 is 18.7 Å². The molecule has 0 spiro atoms. The lowest BCUT2D eigenvalue weighted by molar-refractivity contribution is -0.127.